The molecule has 0 radical (unpaired) electrons. The summed E-state index contributed by atoms with van der Waals surface area (Å²) in [4.78, 5) is 4.40. The predicted octanol–water partition coefficient (Wildman–Crippen LogP) is 2.18. The molecule has 1 heterocycles. The highest BCUT2D eigenvalue weighted by atomic mass is 32.2. The molecule has 0 spiro atoms. The monoisotopic (exact) mass is 435 g/mol. The lowest BCUT2D eigenvalue weighted by atomic mass is 10.2. The van der Waals surface area contributed by atoms with Crippen molar-refractivity contribution < 1.29 is 21.4 Å². The molecule has 0 amide bonds. The number of hydrogen-bond acceptors (Lipinski definition) is 7. The van der Waals surface area contributed by atoms with Crippen molar-refractivity contribution in [3.05, 3.63) is 71.4 Å². The van der Waals surface area contributed by atoms with Gasteiger partial charge in [-0.1, -0.05) is 40.5 Å². The molecule has 0 saturated heterocycles. The van der Waals surface area contributed by atoms with Crippen molar-refractivity contribution in [1.82, 2.24) is 14.9 Å². The van der Waals surface area contributed by atoms with Crippen LogP contribution in [0.1, 0.15) is 22.8 Å². The molecule has 0 aliphatic rings. The molecule has 29 heavy (non-hydrogen) atoms. The quantitative estimate of drug-likeness (QED) is 0.576. The summed E-state index contributed by atoms with van der Waals surface area (Å²) in [5.41, 5.74) is 1.92. The molecule has 1 N–H and O–H groups in total. The Morgan fingerprint density at radius 1 is 0.862 bits per heavy atom. The Bertz CT molecular complexity index is 1180. The highest BCUT2D eigenvalue weighted by molar-refractivity contribution is 7.90. The Kier molecular flexibility index (Phi) is 6.15. The van der Waals surface area contributed by atoms with E-state index in [0.717, 1.165) is 11.1 Å². The van der Waals surface area contributed by atoms with Gasteiger partial charge in [0.25, 0.3) is 0 Å². The van der Waals surface area contributed by atoms with Crippen LogP contribution in [0.25, 0.3) is 0 Å². The summed E-state index contributed by atoms with van der Waals surface area (Å²) in [5.74, 6) is -0.207. The van der Waals surface area contributed by atoms with Crippen molar-refractivity contribution in [2.75, 3.05) is 6.54 Å². The molecule has 1 aromatic heterocycles. The van der Waals surface area contributed by atoms with E-state index < -0.39 is 25.6 Å². The number of hydrogen-bond donors (Lipinski definition) is 1. The van der Waals surface area contributed by atoms with E-state index in [-0.39, 0.29) is 34.5 Å². The van der Waals surface area contributed by atoms with Gasteiger partial charge in [0.15, 0.2) is 15.7 Å². The second-order valence-corrected chi connectivity index (χ2v) is 10.4. The summed E-state index contributed by atoms with van der Waals surface area (Å²) in [6.45, 7) is 3.79. The Morgan fingerprint density at radius 2 is 1.41 bits per heavy atom. The van der Waals surface area contributed by atoms with E-state index in [4.69, 9.17) is 4.52 Å². The molecule has 0 atom stereocenters. The smallest absolute Gasteiger partial charge is 0.240 e. The summed E-state index contributed by atoms with van der Waals surface area (Å²) < 4.78 is 56.9. The summed E-state index contributed by atoms with van der Waals surface area (Å²) in [6, 6.07) is 13.0. The third-order valence-corrected chi connectivity index (χ3v) is 7.28. The zero-order valence-corrected chi connectivity index (χ0v) is 17.6. The van der Waals surface area contributed by atoms with Crippen LogP contribution in [-0.2, 0) is 32.0 Å². The fourth-order valence-electron chi connectivity index (χ4n) is 2.54. The van der Waals surface area contributed by atoms with E-state index in [1.165, 1.54) is 24.3 Å². The Balaban J connectivity index is 1.59. The van der Waals surface area contributed by atoms with Gasteiger partial charge in [-0.3, -0.25) is 0 Å². The van der Waals surface area contributed by atoms with Gasteiger partial charge >= 0.3 is 0 Å². The van der Waals surface area contributed by atoms with Gasteiger partial charge in [0.1, 0.15) is 5.75 Å². The number of benzene rings is 2. The zero-order chi connectivity index (χ0) is 21.1. The minimum absolute atomic E-state index is 0.0296. The second-order valence-electron chi connectivity index (χ2n) is 6.64. The van der Waals surface area contributed by atoms with Crippen LogP contribution in [0.5, 0.6) is 0 Å². The van der Waals surface area contributed by atoms with Crippen molar-refractivity contribution in [3.8, 4) is 0 Å². The normalized spacial score (nSPS) is 12.2. The number of sulfonamides is 1. The number of nitrogens with zero attached hydrogens (tertiary/aromatic N) is 2. The molecule has 0 unspecified atom stereocenters. The molecular formula is C19H21N3O5S2. The van der Waals surface area contributed by atoms with Crippen molar-refractivity contribution in [2.24, 2.45) is 0 Å². The van der Waals surface area contributed by atoms with Crippen molar-refractivity contribution in [1.29, 1.82) is 0 Å². The number of rotatable bonds is 8. The first-order valence-electron chi connectivity index (χ1n) is 8.83. The standard InChI is InChI=1S/C19H21N3O5S2/c1-14-3-7-16(8-4-14)28(23,24)13-18-21-19(27-22-18)11-12-20-29(25,26)17-9-5-15(2)6-10-17/h3-10,20H,11-13H2,1-2H3. The topological polar surface area (TPSA) is 119 Å². The largest absolute Gasteiger partial charge is 0.339 e. The van der Waals surface area contributed by atoms with Crippen LogP contribution in [0.15, 0.2) is 62.8 Å². The van der Waals surface area contributed by atoms with E-state index in [9.17, 15) is 16.8 Å². The predicted molar refractivity (Wildman–Crippen MR) is 106 cm³/mol. The molecule has 0 saturated carbocycles. The molecule has 3 rings (SSSR count). The fourth-order valence-corrected chi connectivity index (χ4v) is 4.75. The van der Waals surface area contributed by atoms with E-state index in [1.807, 2.05) is 13.8 Å². The molecule has 154 valence electrons. The van der Waals surface area contributed by atoms with Crippen LogP contribution in [0.4, 0.5) is 0 Å². The van der Waals surface area contributed by atoms with E-state index in [0.29, 0.717) is 0 Å². The molecule has 0 aliphatic heterocycles. The zero-order valence-electron chi connectivity index (χ0n) is 16.0. The molecule has 3 aromatic rings. The van der Waals surface area contributed by atoms with Crippen LogP contribution >= 0.6 is 0 Å². The van der Waals surface area contributed by atoms with E-state index >= 15 is 0 Å². The highest BCUT2D eigenvalue weighted by Crippen LogP contribution is 2.16. The number of nitrogens with one attached hydrogen (secondary N) is 1. The molecular weight excluding hydrogens is 414 g/mol. The molecule has 2 aromatic carbocycles. The number of sulfone groups is 1. The van der Waals surface area contributed by atoms with Gasteiger partial charge in [0.05, 0.1) is 9.79 Å². The van der Waals surface area contributed by atoms with E-state index in [1.54, 1.807) is 24.3 Å². The maximum absolute atomic E-state index is 12.4. The minimum atomic E-state index is -3.64. The van der Waals surface area contributed by atoms with Crippen LogP contribution < -0.4 is 4.72 Å². The second kappa shape index (κ2) is 8.44. The summed E-state index contributed by atoms with van der Waals surface area (Å²) in [7, 11) is -7.24. The van der Waals surface area contributed by atoms with Crippen LogP contribution in [0.2, 0.25) is 0 Å². The molecule has 0 bridgehead atoms. The van der Waals surface area contributed by atoms with Gasteiger partial charge in [0.2, 0.25) is 15.9 Å². The first-order valence-corrected chi connectivity index (χ1v) is 12.0. The van der Waals surface area contributed by atoms with Gasteiger partial charge < -0.3 is 4.52 Å². The maximum atomic E-state index is 12.4. The van der Waals surface area contributed by atoms with Crippen molar-refractivity contribution >= 4 is 19.9 Å². The first kappa shape index (κ1) is 21.2. The minimum Gasteiger partial charge on any atom is -0.339 e. The number of aromatic nitrogens is 2. The Labute approximate surface area is 169 Å². The SMILES string of the molecule is Cc1ccc(S(=O)(=O)Cc2noc(CCNS(=O)(=O)c3ccc(C)cc3)n2)cc1. The summed E-state index contributed by atoms with van der Waals surface area (Å²) >= 11 is 0. The van der Waals surface area contributed by atoms with Crippen LogP contribution in [-0.4, -0.2) is 33.5 Å². The molecule has 0 fully saturated rings. The highest BCUT2D eigenvalue weighted by Gasteiger charge is 2.20. The Hall–Kier alpha value is -2.56. The van der Waals surface area contributed by atoms with Gasteiger partial charge in [-0.15, -0.1) is 0 Å². The molecule has 0 aliphatic carbocycles. The summed E-state index contributed by atoms with van der Waals surface area (Å²) in [5, 5.41) is 3.68. The average Bonchev–Trinajstić information content (AvgIpc) is 3.09. The van der Waals surface area contributed by atoms with Crippen molar-refractivity contribution in [2.45, 2.75) is 35.8 Å². The van der Waals surface area contributed by atoms with Crippen molar-refractivity contribution in [3.63, 3.8) is 0 Å². The lowest BCUT2D eigenvalue weighted by Gasteiger charge is -2.05. The van der Waals surface area contributed by atoms with Gasteiger partial charge in [-0.2, -0.15) is 4.98 Å². The number of aryl methyl sites for hydroxylation is 2. The van der Waals surface area contributed by atoms with Crippen LogP contribution in [0.3, 0.4) is 0 Å². The maximum Gasteiger partial charge on any atom is 0.240 e. The molecule has 8 nitrogen and oxygen atoms in total. The molecule has 10 heteroatoms. The average molecular weight is 436 g/mol. The Morgan fingerprint density at radius 3 is 2.00 bits per heavy atom. The fraction of sp³-hybridized carbons (Fsp3) is 0.263. The lowest BCUT2D eigenvalue weighted by Crippen LogP contribution is -2.26. The van der Waals surface area contributed by atoms with Gasteiger partial charge in [-0.05, 0) is 38.1 Å². The third kappa shape index (κ3) is 5.49. The third-order valence-electron chi connectivity index (χ3n) is 4.17. The van der Waals surface area contributed by atoms with Gasteiger partial charge in [0, 0.05) is 13.0 Å². The first-order chi connectivity index (χ1) is 13.7. The summed E-state index contributed by atoms with van der Waals surface area (Å²) in [6.07, 6.45) is 0.142. The van der Waals surface area contributed by atoms with E-state index in [2.05, 4.69) is 14.9 Å². The van der Waals surface area contributed by atoms with Gasteiger partial charge in [-0.25, -0.2) is 21.6 Å². The lowest BCUT2D eigenvalue weighted by molar-refractivity contribution is 0.374. The van der Waals surface area contributed by atoms with Crippen LogP contribution in [0, 0.1) is 13.8 Å².